The van der Waals surface area contributed by atoms with Gasteiger partial charge in [-0.3, -0.25) is 0 Å². The minimum atomic E-state index is 0.857. The second kappa shape index (κ2) is 6.05. The Balaban J connectivity index is 2.21. The van der Waals surface area contributed by atoms with Gasteiger partial charge in [-0.15, -0.1) is 11.8 Å². The molecule has 0 fully saturated rings. The Labute approximate surface area is 113 Å². The maximum absolute atomic E-state index is 4.65. The van der Waals surface area contributed by atoms with Crippen molar-refractivity contribution in [1.29, 1.82) is 0 Å². The highest BCUT2D eigenvalue weighted by Crippen LogP contribution is 2.33. The molecule has 0 bridgehead atoms. The molecule has 1 aliphatic heterocycles. The normalized spacial score (nSPS) is 15.1. The minimum absolute atomic E-state index is 0.857. The number of hydrogen-bond donors (Lipinski definition) is 0. The molecule has 96 valence electrons. The summed E-state index contributed by atoms with van der Waals surface area (Å²) < 4.78 is 0. The van der Waals surface area contributed by atoms with Gasteiger partial charge < -0.3 is 4.90 Å². The van der Waals surface area contributed by atoms with E-state index in [0.29, 0.717) is 0 Å². The number of aliphatic imine (C=N–C) groups is 2. The molecule has 1 heterocycles. The quantitative estimate of drug-likeness (QED) is 0.601. The number of para-hydroxylation sites is 1. The van der Waals surface area contributed by atoms with E-state index in [1.807, 2.05) is 23.9 Å². The molecule has 0 aromatic heterocycles. The van der Waals surface area contributed by atoms with E-state index >= 15 is 0 Å². The zero-order valence-corrected chi connectivity index (χ0v) is 12.0. The number of thioether (sulfide) groups is 1. The van der Waals surface area contributed by atoms with E-state index in [1.54, 1.807) is 0 Å². The van der Waals surface area contributed by atoms with Crippen LogP contribution in [-0.4, -0.2) is 35.4 Å². The van der Waals surface area contributed by atoms with E-state index in [4.69, 9.17) is 0 Å². The third kappa shape index (κ3) is 2.93. The highest BCUT2D eigenvalue weighted by molar-refractivity contribution is 8.00. The molecule has 0 amide bonds. The lowest BCUT2D eigenvalue weighted by Crippen LogP contribution is -2.29. The molecule has 4 heteroatoms. The van der Waals surface area contributed by atoms with E-state index < -0.39 is 0 Å². The van der Waals surface area contributed by atoms with Crippen molar-refractivity contribution < 1.29 is 0 Å². The predicted octanol–water partition coefficient (Wildman–Crippen LogP) is 3.58. The van der Waals surface area contributed by atoms with Crippen LogP contribution in [0.25, 0.3) is 0 Å². The van der Waals surface area contributed by atoms with Crippen LogP contribution >= 0.6 is 11.8 Å². The van der Waals surface area contributed by atoms with Crippen molar-refractivity contribution in [3.8, 4) is 0 Å². The lowest BCUT2D eigenvalue weighted by atomic mass is 10.3. The molecule has 2 rings (SSSR count). The summed E-state index contributed by atoms with van der Waals surface area (Å²) in [6.45, 7) is 8.33. The van der Waals surface area contributed by atoms with Crippen molar-refractivity contribution in [1.82, 2.24) is 4.90 Å². The molecule has 0 spiro atoms. The average molecular weight is 261 g/mol. The summed E-state index contributed by atoms with van der Waals surface area (Å²) in [6.07, 6.45) is 0. The Kier molecular flexibility index (Phi) is 4.42. The number of hydrogen-bond acceptors (Lipinski definition) is 3. The summed E-state index contributed by atoms with van der Waals surface area (Å²) in [5, 5.41) is 0. The molecule has 0 radical (unpaired) electrons. The maximum atomic E-state index is 4.65. The van der Waals surface area contributed by atoms with Gasteiger partial charge in [0, 0.05) is 18.0 Å². The first kappa shape index (κ1) is 13.1. The first-order valence-corrected chi connectivity index (χ1v) is 7.32. The third-order valence-corrected chi connectivity index (χ3v) is 4.04. The summed E-state index contributed by atoms with van der Waals surface area (Å²) in [5.74, 6) is 2.83. The molecule has 0 saturated heterocycles. The van der Waals surface area contributed by atoms with E-state index in [-0.39, 0.29) is 0 Å². The molecule has 0 aliphatic carbocycles. The van der Waals surface area contributed by atoms with Crippen LogP contribution in [0.4, 0.5) is 5.69 Å². The van der Waals surface area contributed by atoms with E-state index in [1.165, 1.54) is 4.90 Å². The van der Waals surface area contributed by atoms with Crippen molar-refractivity contribution in [3.05, 3.63) is 24.3 Å². The second-order valence-corrected chi connectivity index (χ2v) is 5.13. The average Bonchev–Trinajstić information content (AvgIpc) is 2.40. The molecular formula is C14H19N3S. The number of nitrogens with zero attached hydrogens (tertiary/aromatic N) is 3. The summed E-state index contributed by atoms with van der Waals surface area (Å²) in [4.78, 5) is 12.8. The van der Waals surface area contributed by atoms with Gasteiger partial charge in [0.2, 0.25) is 0 Å². The molecule has 0 unspecified atom stereocenters. The van der Waals surface area contributed by atoms with Gasteiger partial charge >= 0.3 is 0 Å². The fraction of sp³-hybridized carbons (Fsp3) is 0.429. The van der Waals surface area contributed by atoms with Gasteiger partial charge in [0.1, 0.15) is 11.7 Å². The van der Waals surface area contributed by atoms with Crippen LogP contribution in [0.2, 0.25) is 0 Å². The number of amidine groups is 2. The van der Waals surface area contributed by atoms with Crippen LogP contribution in [0, 0.1) is 0 Å². The van der Waals surface area contributed by atoms with Gasteiger partial charge in [0.15, 0.2) is 0 Å². The van der Waals surface area contributed by atoms with Crippen LogP contribution in [-0.2, 0) is 0 Å². The SMILES string of the molecule is CCN(CC)C(C)=NC1=Nc2ccccc2SC1. The third-order valence-electron chi connectivity index (χ3n) is 2.98. The van der Waals surface area contributed by atoms with Crippen molar-refractivity contribution >= 4 is 29.1 Å². The summed E-state index contributed by atoms with van der Waals surface area (Å²) >= 11 is 1.81. The van der Waals surface area contributed by atoms with Gasteiger partial charge in [-0.1, -0.05) is 12.1 Å². The van der Waals surface area contributed by atoms with Crippen molar-refractivity contribution in [2.75, 3.05) is 18.8 Å². The van der Waals surface area contributed by atoms with Crippen LogP contribution < -0.4 is 0 Å². The van der Waals surface area contributed by atoms with Crippen molar-refractivity contribution in [3.63, 3.8) is 0 Å². The highest BCUT2D eigenvalue weighted by Gasteiger charge is 2.12. The van der Waals surface area contributed by atoms with Crippen LogP contribution in [0.1, 0.15) is 20.8 Å². The second-order valence-electron chi connectivity index (χ2n) is 4.12. The molecule has 3 nitrogen and oxygen atoms in total. The minimum Gasteiger partial charge on any atom is -0.361 e. The van der Waals surface area contributed by atoms with E-state index in [2.05, 4.69) is 47.8 Å². The lowest BCUT2D eigenvalue weighted by molar-refractivity contribution is 0.463. The smallest absolute Gasteiger partial charge is 0.141 e. The predicted molar refractivity (Wildman–Crippen MR) is 80.3 cm³/mol. The number of fused-ring (bicyclic) bond motifs is 1. The zero-order valence-electron chi connectivity index (χ0n) is 11.2. The van der Waals surface area contributed by atoms with Crippen LogP contribution in [0.5, 0.6) is 0 Å². The van der Waals surface area contributed by atoms with Gasteiger partial charge in [-0.05, 0) is 32.9 Å². The lowest BCUT2D eigenvalue weighted by Gasteiger charge is -2.21. The Morgan fingerprint density at radius 1 is 1.33 bits per heavy atom. The first-order chi connectivity index (χ1) is 8.74. The molecule has 18 heavy (non-hydrogen) atoms. The van der Waals surface area contributed by atoms with E-state index in [9.17, 15) is 0 Å². The van der Waals surface area contributed by atoms with Crippen molar-refractivity contribution in [2.24, 2.45) is 9.98 Å². The number of rotatable bonds is 2. The fourth-order valence-corrected chi connectivity index (χ4v) is 2.83. The van der Waals surface area contributed by atoms with Gasteiger partial charge in [-0.25, -0.2) is 9.98 Å². The summed E-state index contributed by atoms with van der Waals surface area (Å²) in [6, 6.07) is 8.23. The highest BCUT2D eigenvalue weighted by atomic mass is 32.2. The van der Waals surface area contributed by atoms with Crippen LogP contribution in [0.3, 0.4) is 0 Å². The Morgan fingerprint density at radius 2 is 2.06 bits per heavy atom. The first-order valence-electron chi connectivity index (χ1n) is 6.34. The summed E-state index contributed by atoms with van der Waals surface area (Å²) in [7, 11) is 0. The topological polar surface area (TPSA) is 28.0 Å². The van der Waals surface area contributed by atoms with E-state index in [0.717, 1.165) is 36.2 Å². The Bertz CT molecular complexity index is 476. The van der Waals surface area contributed by atoms with Gasteiger partial charge in [0.25, 0.3) is 0 Å². The molecule has 1 aromatic carbocycles. The van der Waals surface area contributed by atoms with Crippen molar-refractivity contribution in [2.45, 2.75) is 25.7 Å². The van der Waals surface area contributed by atoms with Crippen LogP contribution in [0.15, 0.2) is 39.1 Å². The Hall–Kier alpha value is -1.29. The largest absolute Gasteiger partial charge is 0.361 e. The van der Waals surface area contributed by atoms with Gasteiger partial charge in [-0.2, -0.15) is 0 Å². The monoisotopic (exact) mass is 261 g/mol. The molecule has 0 N–H and O–H groups in total. The summed E-state index contributed by atoms with van der Waals surface area (Å²) in [5.41, 5.74) is 1.04. The standard InChI is InChI=1S/C14H19N3S/c1-4-17(5-2)11(3)15-14-10-18-13-9-7-6-8-12(13)16-14/h6-9H,4-5,10H2,1-3H3. The Morgan fingerprint density at radius 3 is 2.78 bits per heavy atom. The molecule has 0 saturated carbocycles. The fourth-order valence-electron chi connectivity index (χ4n) is 1.98. The maximum Gasteiger partial charge on any atom is 0.141 e. The van der Waals surface area contributed by atoms with Gasteiger partial charge in [0.05, 0.1) is 11.4 Å². The molecular weight excluding hydrogens is 242 g/mol. The number of benzene rings is 1. The zero-order chi connectivity index (χ0) is 13.0. The molecule has 1 aromatic rings. The molecule has 0 atom stereocenters. The molecule has 1 aliphatic rings.